The van der Waals surface area contributed by atoms with Crippen molar-refractivity contribution in [2.45, 2.75) is 19.5 Å². The predicted octanol–water partition coefficient (Wildman–Crippen LogP) is 4.31. The molecule has 1 N–H and O–H groups in total. The number of nitro benzene ring substituents is 1. The van der Waals surface area contributed by atoms with Crippen LogP contribution in [0.2, 0.25) is 0 Å². The summed E-state index contributed by atoms with van der Waals surface area (Å²) in [6.45, 7) is 1.88. The molecule has 3 aromatic carbocycles. The Morgan fingerprint density at radius 3 is 2.19 bits per heavy atom. The normalized spacial score (nSPS) is 16.7. The number of nitrogens with zero attached hydrogens (tertiary/aromatic N) is 2. The van der Waals surface area contributed by atoms with E-state index in [-0.39, 0.29) is 23.4 Å². The summed E-state index contributed by atoms with van der Waals surface area (Å²) in [7, 11) is 1.28. The molecule has 9 heteroatoms. The SMILES string of the molecule is COC(=O)c1ccc(CN2C(=O)C(=O)/C(=C(/O)c3ccc([N+](=O)[O-])cc3)C2c2ccccc2C)cc1. The zero-order chi connectivity index (χ0) is 26.0. The van der Waals surface area contributed by atoms with Gasteiger partial charge in [-0.1, -0.05) is 36.4 Å². The zero-order valence-corrected chi connectivity index (χ0v) is 19.5. The molecule has 0 aromatic heterocycles. The van der Waals surface area contributed by atoms with Gasteiger partial charge in [0.25, 0.3) is 17.4 Å². The maximum atomic E-state index is 13.2. The minimum absolute atomic E-state index is 0.0437. The molecule has 1 heterocycles. The number of esters is 1. The Balaban J connectivity index is 1.80. The lowest BCUT2D eigenvalue weighted by atomic mass is 9.92. The third-order valence-corrected chi connectivity index (χ3v) is 6.10. The largest absolute Gasteiger partial charge is 0.507 e. The Labute approximate surface area is 206 Å². The molecule has 1 unspecified atom stereocenters. The van der Waals surface area contributed by atoms with Gasteiger partial charge in [-0.25, -0.2) is 4.79 Å². The first-order valence-corrected chi connectivity index (χ1v) is 11.0. The number of aryl methyl sites for hydroxylation is 1. The lowest BCUT2D eigenvalue weighted by Gasteiger charge is -2.26. The summed E-state index contributed by atoms with van der Waals surface area (Å²) in [6, 6.07) is 17.9. The van der Waals surface area contributed by atoms with E-state index in [0.29, 0.717) is 16.7 Å². The summed E-state index contributed by atoms with van der Waals surface area (Å²) in [5.74, 6) is -2.56. The van der Waals surface area contributed by atoms with Crippen LogP contribution in [0.25, 0.3) is 5.76 Å². The van der Waals surface area contributed by atoms with Crippen LogP contribution in [-0.4, -0.2) is 39.7 Å². The van der Waals surface area contributed by atoms with Crippen molar-refractivity contribution < 1.29 is 29.2 Å². The van der Waals surface area contributed by atoms with Crippen LogP contribution in [0.3, 0.4) is 0 Å². The first kappa shape index (κ1) is 24.3. The van der Waals surface area contributed by atoms with Crippen molar-refractivity contribution in [3.8, 4) is 0 Å². The molecule has 1 aliphatic heterocycles. The third kappa shape index (κ3) is 4.46. The van der Waals surface area contributed by atoms with Gasteiger partial charge in [-0.3, -0.25) is 19.7 Å². The molecule has 182 valence electrons. The summed E-state index contributed by atoms with van der Waals surface area (Å²) in [4.78, 5) is 49.9. The molecule has 1 fully saturated rings. The second kappa shape index (κ2) is 9.83. The van der Waals surface area contributed by atoms with Gasteiger partial charge in [0.15, 0.2) is 0 Å². The summed E-state index contributed by atoms with van der Waals surface area (Å²) in [5, 5.41) is 22.1. The van der Waals surface area contributed by atoms with E-state index in [1.54, 1.807) is 36.4 Å². The number of non-ortho nitro benzene ring substituents is 1. The minimum atomic E-state index is -0.887. The number of carbonyl (C=O) groups is 3. The van der Waals surface area contributed by atoms with Crippen molar-refractivity contribution in [3.05, 3.63) is 116 Å². The van der Waals surface area contributed by atoms with Crippen molar-refractivity contribution in [2.24, 2.45) is 0 Å². The third-order valence-electron chi connectivity index (χ3n) is 6.10. The number of carbonyl (C=O) groups excluding carboxylic acids is 3. The molecular weight excluding hydrogens is 464 g/mol. The van der Waals surface area contributed by atoms with Crippen LogP contribution in [0.4, 0.5) is 5.69 Å². The average molecular weight is 486 g/mol. The second-order valence-electron chi connectivity index (χ2n) is 8.28. The van der Waals surface area contributed by atoms with Crippen LogP contribution in [-0.2, 0) is 20.9 Å². The lowest BCUT2D eigenvalue weighted by molar-refractivity contribution is -0.384. The number of benzene rings is 3. The molecule has 0 aliphatic carbocycles. The van der Waals surface area contributed by atoms with E-state index in [2.05, 4.69) is 0 Å². The smallest absolute Gasteiger partial charge is 0.337 e. The highest BCUT2D eigenvalue weighted by Crippen LogP contribution is 2.41. The molecule has 0 saturated carbocycles. The number of ether oxygens (including phenoxy) is 1. The highest BCUT2D eigenvalue weighted by molar-refractivity contribution is 6.46. The fraction of sp³-hybridized carbons (Fsp3) is 0.148. The molecule has 3 aromatic rings. The average Bonchev–Trinajstić information content (AvgIpc) is 3.13. The predicted molar refractivity (Wildman–Crippen MR) is 130 cm³/mol. The Morgan fingerprint density at radius 2 is 1.61 bits per heavy atom. The minimum Gasteiger partial charge on any atom is -0.507 e. The van der Waals surface area contributed by atoms with Gasteiger partial charge in [0.1, 0.15) is 5.76 Å². The van der Waals surface area contributed by atoms with Crippen LogP contribution in [0.1, 0.15) is 38.7 Å². The maximum absolute atomic E-state index is 13.2. The van der Waals surface area contributed by atoms with Gasteiger partial charge in [0, 0.05) is 24.2 Å². The standard InChI is InChI=1S/C27H22N2O7/c1-16-5-3-4-6-21(16)23-22(24(30)18-11-13-20(14-12-18)29(34)35)25(31)26(32)28(23)15-17-7-9-19(10-8-17)27(33)36-2/h3-14,23,30H,15H2,1-2H3/b24-22+. The number of Topliss-reactive ketones (excluding diaryl/α,β-unsaturated/α-hetero) is 1. The highest BCUT2D eigenvalue weighted by Gasteiger charge is 2.46. The van der Waals surface area contributed by atoms with Crippen molar-refractivity contribution >= 4 is 29.1 Å². The Kier molecular flexibility index (Phi) is 6.64. The van der Waals surface area contributed by atoms with Gasteiger partial charge in [-0.15, -0.1) is 0 Å². The van der Waals surface area contributed by atoms with Crippen molar-refractivity contribution in [2.75, 3.05) is 7.11 Å². The van der Waals surface area contributed by atoms with Gasteiger partial charge in [-0.05, 0) is 47.9 Å². The van der Waals surface area contributed by atoms with Crippen LogP contribution in [0.15, 0.2) is 78.4 Å². The molecule has 1 saturated heterocycles. The van der Waals surface area contributed by atoms with Gasteiger partial charge < -0.3 is 14.7 Å². The van der Waals surface area contributed by atoms with Crippen LogP contribution in [0.5, 0.6) is 0 Å². The number of amides is 1. The first-order valence-electron chi connectivity index (χ1n) is 11.0. The summed E-state index contributed by atoms with van der Waals surface area (Å²) in [5.41, 5.74) is 2.39. The van der Waals surface area contributed by atoms with E-state index in [9.17, 15) is 29.6 Å². The molecule has 0 bridgehead atoms. The van der Waals surface area contributed by atoms with Crippen molar-refractivity contribution in [1.29, 1.82) is 0 Å². The quantitative estimate of drug-likeness (QED) is 0.137. The number of hydrogen-bond donors (Lipinski definition) is 1. The molecule has 1 atom stereocenters. The van der Waals surface area contributed by atoms with Gasteiger partial charge in [0.05, 0.1) is 29.2 Å². The van der Waals surface area contributed by atoms with Gasteiger partial charge in [-0.2, -0.15) is 0 Å². The number of aliphatic hydroxyl groups is 1. The van der Waals surface area contributed by atoms with Crippen molar-refractivity contribution in [3.63, 3.8) is 0 Å². The summed E-state index contributed by atoms with van der Waals surface area (Å²) < 4.78 is 4.71. The number of likely N-dealkylation sites (tertiary alicyclic amines) is 1. The van der Waals surface area contributed by atoms with E-state index in [4.69, 9.17) is 4.74 Å². The summed E-state index contributed by atoms with van der Waals surface area (Å²) in [6.07, 6.45) is 0. The molecular formula is C27H22N2O7. The Morgan fingerprint density at radius 1 is 1.00 bits per heavy atom. The van der Waals surface area contributed by atoms with E-state index in [0.717, 1.165) is 5.56 Å². The van der Waals surface area contributed by atoms with E-state index < -0.39 is 34.4 Å². The van der Waals surface area contributed by atoms with Gasteiger partial charge >= 0.3 is 5.97 Å². The second-order valence-corrected chi connectivity index (χ2v) is 8.28. The molecule has 4 rings (SSSR count). The Bertz CT molecular complexity index is 1390. The maximum Gasteiger partial charge on any atom is 0.337 e. The fourth-order valence-electron chi connectivity index (χ4n) is 4.22. The topological polar surface area (TPSA) is 127 Å². The highest BCUT2D eigenvalue weighted by atomic mass is 16.6. The molecule has 36 heavy (non-hydrogen) atoms. The number of ketones is 1. The van der Waals surface area contributed by atoms with Crippen LogP contribution in [0, 0.1) is 17.0 Å². The van der Waals surface area contributed by atoms with E-state index in [1.807, 2.05) is 19.1 Å². The molecule has 9 nitrogen and oxygen atoms in total. The van der Waals surface area contributed by atoms with E-state index in [1.165, 1.54) is 36.3 Å². The molecule has 0 spiro atoms. The zero-order valence-electron chi connectivity index (χ0n) is 19.5. The first-order chi connectivity index (χ1) is 17.2. The van der Waals surface area contributed by atoms with Crippen LogP contribution < -0.4 is 0 Å². The number of methoxy groups -OCH3 is 1. The molecule has 1 aliphatic rings. The fourth-order valence-corrected chi connectivity index (χ4v) is 4.22. The number of aliphatic hydroxyl groups excluding tert-OH is 1. The Hall–Kier alpha value is -4.79. The van der Waals surface area contributed by atoms with Crippen LogP contribution >= 0.6 is 0 Å². The lowest BCUT2D eigenvalue weighted by Crippen LogP contribution is -2.29. The molecule has 1 amide bonds. The number of nitro groups is 1. The molecule has 0 radical (unpaired) electrons. The van der Waals surface area contributed by atoms with Crippen molar-refractivity contribution in [1.82, 2.24) is 4.90 Å². The summed E-state index contributed by atoms with van der Waals surface area (Å²) >= 11 is 0. The van der Waals surface area contributed by atoms with E-state index >= 15 is 0 Å². The monoisotopic (exact) mass is 486 g/mol. The number of rotatable bonds is 6. The van der Waals surface area contributed by atoms with Gasteiger partial charge in [0.2, 0.25) is 0 Å². The number of hydrogen-bond acceptors (Lipinski definition) is 7.